The van der Waals surface area contributed by atoms with E-state index in [0.29, 0.717) is 4.77 Å². The van der Waals surface area contributed by atoms with E-state index in [2.05, 4.69) is 61.3 Å². The van der Waals surface area contributed by atoms with E-state index in [1.807, 2.05) is 16.7 Å². The molecular formula is C17H17N3S. The van der Waals surface area contributed by atoms with Crippen LogP contribution in [0.15, 0.2) is 42.5 Å². The maximum atomic E-state index is 5.42. The number of H-pyrrole nitrogens is 1. The molecule has 0 spiro atoms. The Bertz CT molecular complexity index is 858. The van der Waals surface area contributed by atoms with Gasteiger partial charge in [0.15, 0.2) is 10.6 Å². The topological polar surface area (TPSA) is 33.6 Å². The second kappa shape index (κ2) is 5.30. The van der Waals surface area contributed by atoms with Gasteiger partial charge in [-0.05, 0) is 61.8 Å². The molecule has 4 heteroatoms. The molecule has 3 nitrogen and oxygen atoms in total. The van der Waals surface area contributed by atoms with Gasteiger partial charge in [0, 0.05) is 5.56 Å². The number of hydrogen-bond donors (Lipinski definition) is 1. The molecule has 0 bridgehead atoms. The maximum absolute atomic E-state index is 5.42. The van der Waals surface area contributed by atoms with Gasteiger partial charge in [-0.2, -0.15) is 5.10 Å². The third-order valence-corrected chi connectivity index (χ3v) is 4.07. The SMILES string of the molecule is Cc1ccc(-c2n[nH]c(=S)n2-c2ccccc2C)cc1C. The van der Waals surface area contributed by atoms with Gasteiger partial charge in [0.2, 0.25) is 0 Å². The molecule has 2 aromatic carbocycles. The Morgan fingerprint density at radius 3 is 2.43 bits per heavy atom. The highest BCUT2D eigenvalue weighted by atomic mass is 32.1. The van der Waals surface area contributed by atoms with Gasteiger partial charge in [0.05, 0.1) is 5.69 Å². The number of para-hydroxylation sites is 1. The normalized spacial score (nSPS) is 10.8. The van der Waals surface area contributed by atoms with Crippen LogP contribution in [0.1, 0.15) is 16.7 Å². The van der Waals surface area contributed by atoms with Crippen LogP contribution in [0, 0.1) is 25.5 Å². The summed E-state index contributed by atoms with van der Waals surface area (Å²) in [5.41, 5.74) is 5.81. The Morgan fingerprint density at radius 1 is 0.952 bits per heavy atom. The smallest absolute Gasteiger partial charge is 0.200 e. The minimum atomic E-state index is 0.609. The summed E-state index contributed by atoms with van der Waals surface area (Å²) < 4.78 is 2.60. The lowest BCUT2D eigenvalue weighted by atomic mass is 10.1. The van der Waals surface area contributed by atoms with Crippen LogP contribution in [0.2, 0.25) is 0 Å². The van der Waals surface area contributed by atoms with Gasteiger partial charge >= 0.3 is 0 Å². The molecule has 21 heavy (non-hydrogen) atoms. The molecule has 0 radical (unpaired) electrons. The molecule has 106 valence electrons. The zero-order chi connectivity index (χ0) is 15.0. The van der Waals surface area contributed by atoms with Crippen molar-refractivity contribution in [3.63, 3.8) is 0 Å². The van der Waals surface area contributed by atoms with Crippen LogP contribution in [0.25, 0.3) is 17.1 Å². The molecule has 3 rings (SSSR count). The van der Waals surface area contributed by atoms with Gasteiger partial charge < -0.3 is 0 Å². The molecular weight excluding hydrogens is 278 g/mol. The Hall–Kier alpha value is -2.20. The Kier molecular flexibility index (Phi) is 3.47. The van der Waals surface area contributed by atoms with Crippen molar-refractivity contribution in [1.29, 1.82) is 0 Å². The van der Waals surface area contributed by atoms with E-state index in [9.17, 15) is 0 Å². The lowest BCUT2D eigenvalue weighted by Gasteiger charge is -2.10. The molecule has 0 atom stereocenters. The molecule has 1 heterocycles. The quantitative estimate of drug-likeness (QED) is 0.705. The van der Waals surface area contributed by atoms with Crippen LogP contribution >= 0.6 is 12.2 Å². The van der Waals surface area contributed by atoms with E-state index in [1.165, 1.54) is 16.7 Å². The van der Waals surface area contributed by atoms with E-state index in [1.54, 1.807) is 0 Å². The molecule has 0 aliphatic rings. The number of nitrogens with one attached hydrogen (secondary N) is 1. The third kappa shape index (κ3) is 2.43. The van der Waals surface area contributed by atoms with Crippen molar-refractivity contribution in [3.05, 3.63) is 63.9 Å². The molecule has 0 unspecified atom stereocenters. The summed E-state index contributed by atoms with van der Waals surface area (Å²) in [5.74, 6) is 0.845. The number of aryl methyl sites for hydroxylation is 3. The number of aromatic nitrogens is 3. The molecule has 0 saturated carbocycles. The van der Waals surface area contributed by atoms with Crippen LogP contribution in [0.3, 0.4) is 0 Å². The van der Waals surface area contributed by atoms with Crippen molar-refractivity contribution in [3.8, 4) is 17.1 Å². The highest BCUT2D eigenvalue weighted by molar-refractivity contribution is 7.71. The van der Waals surface area contributed by atoms with E-state index < -0.39 is 0 Å². The predicted octanol–water partition coefficient (Wildman–Crippen LogP) is 4.52. The third-order valence-electron chi connectivity index (χ3n) is 3.79. The van der Waals surface area contributed by atoms with Gasteiger partial charge in [-0.25, -0.2) is 0 Å². The Balaban J connectivity index is 2.24. The number of hydrogen-bond acceptors (Lipinski definition) is 2. The highest BCUT2D eigenvalue weighted by Gasteiger charge is 2.12. The minimum absolute atomic E-state index is 0.609. The molecule has 1 aromatic heterocycles. The monoisotopic (exact) mass is 295 g/mol. The van der Waals surface area contributed by atoms with Crippen molar-refractivity contribution < 1.29 is 0 Å². The lowest BCUT2D eigenvalue weighted by Crippen LogP contribution is -2.00. The van der Waals surface area contributed by atoms with Crippen LogP contribution < -0.4 is 0 Å². The predicted molar refractivity (Wildman–Crippen MR) is 88.4 cm³/mol. The molecule has 0 fully saturated rings. The summed E-state index contributed by atoms with van der Waals surface area (Å²) in [5, 5.41) is 7.33. The number of nitrogens with zero attached hydrogens (tertiary/aromatic N) is 2. The first-order valence-electron chi connectivity index (χ1n) is 6.89. The standard InChI is InChI=1S/C17H17N3S/c1-11-8-9-14(10-13(11)3)16-18-19-17(21)20(16)15-7-5-4-6-12(15)2/h4-10H,1-3H3,(H,19,21). The zero-order valence-corrected chi connectivity index (χ0v) is 13.2. The van der Waals surface area contributed by atoms with Gasteiger partial charge in [-0.3, -0.25) is 9.67 Å². The molecule has 0 aliphatic carbocycles. The lowest BCUT2D eigenvalue weighted by molar-refractivity contribution is 1.02. The van der Waals surface area contributed by atoms with Crippen molar-refractivity contribution in [2.24, 2.45) is 0 Å². The van der Waals surface area contributed by atoms with Crippen molar-refractivity contribution in [2.45, 2.75) is 20.8 Å². The molecule has 0 saturated heterocycles. The number of rotatable bonds is 2. The van der Waals surface area contributed by atoms with Crippen LogP contribution in [-0.2, 0) is 0 Å². The van der Waals surface area contributed by atoms with Gasteiger partial charge in [-0.15, -0.1) is 0 Å². The first-order chi connectivity index (χ1) is 10.1. The molecule has 3 aromatic rings. The zero-order valence-electron chi connectivity index (χ0n) is 12.3. The summed E-state index contributed by atoms with van der Waals surface area (Å²) in [6.07, 6.45) is 0. The van der Waals surface area contributed by atoms with E-state index in [-0.39, 0.29) is 0 Å². The van der Waals surface area contributed by atoms with E-state index >= 15 is 0 Å². The number of aromatic amines is 1. The Morgan fingerprint density at radius 2 is 1.71 bits per heavy atom. The summed E-state index contributed by atoms with van der Waals surface area (Å²) in [6, 6.07) is 14.5. The second-order valence-electron chi connectivity index (χ2n) is 5.27. The van der Waals surface area contributed by atoms with Crippen LogP contribution in [-0.4, -0.2) is 14.8 Å². The highest BCUT2D eigenvalue weighted by Crippen LogP contribution is 2.25. The minimum Gasteiger partial charge on any atom is -0.268 e. The summed E-state index contributed by atoms with van der Waals surface area (Å²) in [6.45, 7) is 6.30. The second-order valence-corrected chi connectivity index (χ2v) is 5.66. The fourth-order valence-electron chi connectivity index (χ4n) is 2.41. The van der Waals surface area contributed by atoms with Crippen molar-refractivity contribution in [2.75, 3.05) is 0 Å². The first-order valence-corrected chi connectivity index (χ1v) is 7.30. The maximum Gasteiger partial charge on any atom is 0.200 e. The average Bonchev–Trinajstić information content (AvgIpc) is 2.84. The largest absolute Gasteiger partial charge is 0.268 e. The van der Waals surface area contributed by atoms with Crippen molar-refractivity contribution >= 4 is 12.2 Å². The molecule has 1 N–H and O–H groups in total. The molecule has 0 aliphatic heterocycles. The van der Waals surface area contributed by atoms with E-state index in [0.717, 1.165) is 17.1 Å². The van der Waals surface area contributed by atoms with Crippen LogP contribution in [0.4, 0.5) is 0 Å². The van der Waals surface area contributed by atoms with Gasteiger partial charge in [-0.1, -0.05) is 30.3 Å². The Labute approximate surface area is 129 Å². The van der Waals surface area contributed by atoms with Gasteiger partial charge in [0.25, 0.3) is 0 Å². The fraction of sp³-hybridized carbons (Fsp3) is 0.176. The molecule has 0 amide bonds. The summed E-state index contributed by atoms with van der Waals surface area (Å²) >= 11 is 5.42. The average molecular weight is 295 g/mol. The first kappa shape index (κ1) is 13.8. The number of benzene rings is 2. The summed E-state index contributed by atoms with van der Waals surface area (Å²) in [7, 11) is 0. The van der Waals surface area contributed by atoms with Crippen molar-refractivity contribution in [1.82, 2.24) is 14.8 Å². The summed E-state index contributed by atoms with van der Waals surface area (Å²) in [4.78, 5) is 0. The van der Waals surface area contributed by atoms with Crippen LogP contribution in [0.5, 0.6) is 0 Å². The van der Waals surface area contributed by atoms with E-state index in [4.69, 9.17) is 12.2 Å². The van der Waals surface area contributed by atoms with Gasteiger partial charge in [0.1, 0.15) is 0 Å². The fourth-order valence-corrected chi connectivity index (χ4v) is 2.64.